The average Bonchev–Trinajstić information content (AvgIpc) is 2.76. The molecule has 2 heterocycles. The summed E-state index contributed by atoms with van der Waals surface area (Å²) in [5.74, 6) is 0.682. The van der Waals surface area contributed by atoms with Crippen molar-refractivity contribution in [3.05, 3.63) is 51.7 Å². The molecule has 136 valence electrons. The molecule has 0 atom stereocenters. The number of nitrogens with one attached hydrogen (secondary N) is 2. The van der Waals surface area contributed by atoms with E-state index in [1.807, 2.05) is 18.2 Å². The lowest BCUT2D eigenvalue weighted by Gasteiger charge is -2.11. The van der Waals surface area contributed by atoms with E-state index in [1.54, 1.807) is 18.3 Å². The number of carbonyl (C=O) groups is 1. The average molecular weight is 474 g/mol. The van der Waals surface area contributed by atoms with Gasteiger partial charge in [-0.2, -0.15) is 0 Å². The second kappa shape index (κ2) is 7.03. The number of fused-ring (bicyclic) bond motifs is 3. The molecule has 1 aromatic heterocycles. The van der Waals surface area contributed by atoms with Crippen LogP contribution in [0.1, 0.15) is 5.56 Å². The standard InChI is InChI=1S/C19H15IN4O3/c1-27-16-5-3-12(8-15(16)25)22-19-21-9-10-6-17(26)23-14-7-11(20)2-4-13(14)18(10)24-19/h2-5,7-9,25H,6H2,1H3,(H,23,26)(H,21,22,24). The molecule has 1 aliphatic heterocycles. The van der Waals surface area contributed by atoms with E-state index in [-0.39, 0.29) is 18.1 Å². The fourth-order valence-electron chi connectivity index (χ4n) is 2.92. The van der Waals surface area contributed by atoms with Crippen LogP contribution >= 0.6 is 22.6 Å². The van der Waals surface area contributed by atoms with Crippen molar-refractivity contribution in [2.45, 2.75) is 6.42 Å². The number of phenols is 1. The van der Waals surface area contributed by atoms with Crippen molar-refractivity contribution in [2.75, 3.05) is 17.7 Å². The summed E-state index contributed by atoms with van der Waals surface area (Å²) in [6, 6.07) is 10.8. The Morgan fingerprint density at radius 3 is 2.89 bits per heavy atom. The van der Waals surface area contributed by atoms with Crippen LogP contribution in [0.4, 0.5) is 17.3 Å². The molecule has 0 bridgehead atoms. The highest BCUT2D eigenvalue weighted by molar-refractivity contribution is 14.1. The first-order chi connectivity index (χ1) is 13.0. The maximum absolute atomic E-state index is 12.2. The van der Waals surface area contributed by atoms with Crippen LogP contribution in [0.3, 0.4) is 0 Å². The molecule has 2 aromatic carbocycles. The first kappa shape index (κ1) is 17.5. The van der Waals surface area contributed by atoms with Gasteiger partial charge in [0.1, 0.15) is 0 Å². The SMILES string of the molecule is COc1ccc(Nc2ncc3c(n2)-c2ccc(I)cc2NC(=O)C3)cc1O. The van der Waals surface area contributed by atoms with Gasteiger partial charge in [-0.3, -0.25) is 4.79 Å². The number of carbonyl (C=O) groups excluding carboxylic acids is 1. The molecule has 27 heavy (non-hydrogen) atoms. The summed E-state index contributed by atoms with van der Waals surface area (Å²) in [4.78, 5) is 21.1. The molecule has 8 heteroatoms. The Kier molecular flexibility index (Phi) is 4.56. The van der Waals surface area contributed by atoms with Crippen LogP contribution in [0.15, 0.2) is 42.6 Å². The minimum atomic E-state index is -0.0959. The van der Waals surface area contributed by atoms with Gasteiger partial charge < -0.3 is 20.5 Å². The number of hydrogen-bond donors (Lipinski definition) is 3. The minimum absolute atomic E-state index is 0.0203. The second-order valence-corrected chi connectivity index (χ2v) is 7.24. The molecule has 3 N–H and O–H groups in total. The van der Waals surface area contributed by atoms with Gasteiger partial charge in [-0.25, -0.2) is 9.97 Å². The first-order valence-corrected chi connectivity index (χ1v) is 9.21. The molecule has 1 aliphatic rings. The van der Waals surface area contributed by atoms with Crippen LogP contribution in [-0.4, -0.2) is 28.1 Å². The molecule has 0 aliphatic carbocycles. The Labute approximate surface area is 169 Å². The highest BCUT2D eigenvalue weighted by Gasteiger charge is 2.21. The number of hydrogen-bond acceptors (Lipinski definition) is 6. The zero-order valence-electron chi connectivity index (χ0n) is 14.3. The summed E-state index contributed by atoms with van der Waals surface area (Å²) in [6.45, 7) is 0. The van der Waals surface area contributed by atoms with E-state index in [0.717, 1.165) is 20.4 Å². The van der Waals surface area contributed by atoms with E-state index < -0.39 is 0 Å². The predicted molar refractivity (Wildman–Crippen MR) is 110 cm³/mol. The third-order valence-corrected chi connectivity index (χ3v) is 4.83. The van der Waals surface area contributed by atoms with Crippen molar-refractivity contribution in [1.29, 1.82) is 0 Å². The monoisotopic (exact) mass is 474 g/mol. The van der Waals surface area contributed by atoms with Crippen molar-refractivity contribution in [2.24, 2.45) is 0 Å². The van der Waals surface area contributed by atoms with Gasteiger partial charge in [0, 0.05) is 32.6 Å². The van der Waals surface area contributed by atoms with Crippen LogP contribution in [0.2, 0.25) is 0 Å². The smallest absolute Gasteiger partial charge is 0.228 e. The van der Waals surface area contributed by atoms with Crippen LogP contribution in [-0.2, 0) is 11.2 Å². The van der Waals surface area contributed by atoms with E-state index in [0.29, 0.717) is 23.1 Å². The topological polar surface area (TPSA) is 96.4 Å². The normalized spacial score (nSPS) is 12.4. The second-order valence-electron chi connectivity index (χ2n) is 5.99. The molecule has 4 rings (SSSR count). The Bertz CT molecular complexity index is 1060. The van der Waals surface area contributed by atoms with E-state index in [9.17, 15) is 9.90 Å². The van der Waals surface area contributed by atoms with Crippen LogP contribution in [0, 0.1) is 3.57 Å². The van der Waals surface area contributed by atoms with Gasteiger partial charge in [-0.05, 0) is 52.9 Å². The first-order valence-electron chi connectivity index (χ1n) is 8.13. The Morgan fingerprint density at radius 2 is 2.11 bits per heavy atom. The molecule has 0 saturated carbocycles. The number of rotatable bonds is 3. The molecule has 0 unspecified atom stereocenters. The molecular formula is C19H15IN4O3. The number of anilines is 3. The van der Waals surface area contributed by atoms with Gasteiger partial charge in [0.25, 0.3) is 0 Å². The number of ether oxygens (including phenoxy) is 1. The molecule has 0 spiro atoms. The summed E-state index contributed by atoms with van der Waals surface area (Å²) in [5, 5.41) is 15.9. The molecule has 1 amide bonds. The molecular weight excluding hydrogens is 459 g/mol. The van der Waals surface area contributed by atoms with Gasteiger partial charge in [-0.15, -0.1) is 0 Å². The fraction of sp³-hybridized carbons (Fsp3) is 0.105. The number of aromatic nitrogens is 2. The van der Waals surface area contributed by atoms with Crippen molar-refractivity contribution < 1.29 is 14.6 Å². The van der Waals surface area contributed by atoms with Gasteiger partial charge in [-0.1, -0.05) is 0 Å². The Morgan fingerprint density at radius 1 is 1.26 bits per heavy atom. The summed E-state index contributed by atoms with van der Waals surface area (Å²) < 4.78 is 6.07. The third kappa shape index (κ3) is 3.52. The van der Waals surface area contributed by atoms with Gasteiger partial charge >= 0.3 is 0 Å². The number of benzene rings is 2. The van der Waals surface area contributed by atoms with E-state index in [1.165, 1.54) is 13.2 Å². The largest absolute Gasteiger partial charge is 0.504 e. The highest BCUT2D eigenvalue weighted by atomic mass is 127. The Hall–Kier alpha value is -2.88. The lowest BCUT2D eigenvalue weighted by molar-refractivity contribution is -0.115. The molecule has 0 fully saturated rings. The van der Waals surface area contributed by atoms with Gasteiger partial charge in [0.2, 0.25) is 11.9 Å². The van der Waals surface area contributed by atoms with Crippen molar-refractivity contribution in [1.82, 2.24) is 9.97 Å². The van der Waals surface area contributed by atoms with E-state index >= 15 is 0 Å². The van der Waals surface area contributed by atoms with Crippen LogP contribution in [0.25, 0.3) is 11.3 Å². The highest BCUT2D eigenvalue weighted by Crippen LogP contribution is 2.35. The number of halogens is 1. The third-order valence-electron chi connectivity index (χ3n) is 4.16. The number of phenolic OH excluding ortho intramolecular Hbond substituents is 1. The van der Waals surface area contributed by atoms with Gasteiger partial charge in [0.15, 0.2) is 11.5 Å². The van der Waals surface area contributed by atoms with Crippen LogP contribution < -0.4 is 15.4 Å². The van der Waals surface area contributed by atoms with E-state index in [2.05, 4.69) is 43.2 Å². The molecule has 0 saturated heterocycles. The summed E-state index contributed by atoms with van der Waals surface area (Å²) in [6.07, 6.45) is 1.87. The van der Waals surface area contributed by atoms with Gasteiger partial charge in [0.05, 0.1) is 24.9 Å². The number of methoxy groups -OCH3 is 1. The zero-order chi connectivity index (χ0) is 19.0. The number of nitrogens with zero attached hydrogens (tertiary/aromatic N) is 2. The quantitative estimate of drug-likeness (QED) is 0.502. The lowest BCUT2D eigenvalue weighted by atomic mass is 10.1. The fourth-order valence-corrected chi connectivity index (χ4v) is 3.41. The van der Waals surface area contributed by atoms with Crippen molar-refractivity contribution in [3.63, 3.8) is 0 Å². The maximum atomic E-state index is 12.2. The van der Waals surface area contributed by atoms with E-state index in [4.69, 9.17) is 4.74 Å². The van der Waals surface area contributed by atoms with Crippen molar-refractivity contribution >= 4 is 45.8 Å². The van der Waals surface area contributed by atoms with Crippen molar-refractivity contribution in [3.8, 4) is 22.8 Å². The minimum Gasteiger partial charge on any atom is -0.504 e. The molecule has 7 nitrogen and oxygen atoms in total. The summed E-state index contributed by atoms with van der Waals surface area (Å²) >= 11 is 2.21. The summed E-state index contributed by atoms with van der Waals surface area (Å²) in [5.41, 5.74) is 3.67. The lowest BCUT2D eigenvalue weighted by Crippen LogP contribution is -2.12. The maximum Gasteiger partial charge on any atom is 0.228 e. The molecule has 0 radical (unpaired) electrons. The number of aromatic hydroxyl groups is 1. The van der Waals surface area contributed by atoms with Crippen LogP contribution in [0.5, 0.6) is 11.5 Å². The Balaban J connectivity index is 1.74. The number of amides is 1. The zero-order valence-corrected chi connectivity index (χ0v) is 16.4. The summed E-state index contributed by atoms with van der Waals surface area (Å²) in [7, 11) is 1.49. The molecule has 3 aromatic rings. The predicted octanol–water partition coefficient (Wildman–Crippen LogP) is 3.70.